The lowest BCUT2D eigenvalue weighted by molar-refractivity contribution is 0.894. The van der Waals surface area contributed by atoms with Crippen LogP contribution in [0.2, 0.25) is 0 Å². The topological polar surface area (TPSA) is 0 Å². The van der Waals surface area contributed by atoms with E-state index in [-0.39, 0.29) is 0 Å². The third kappa shape index (κ3) is 3.18. The van der Waals surface area contributed by atoms with Gasteiger partial charge >= 0.3 is 0 Å². The quantitative estimate of drug-likeness (QED) is 0.171. The molecule has 0 aliphatic carbocycles. The van der Waals surface area contributed by atoms with Crippen LogP contribution in [-0.2, 0) is 0 Å². The number of hydrogen-bond acceptors (Lipinski definition) is 2. The number of hydrogen-bond donors (Lipinski definition) is 0. The molecule has 0 aromatic heterocycles. The van der Waals surface area contributed by atoms with E-state index < -0.39 is 0 Å². The van der Waals surface area contributed by atoms with Gasteiger partial charge in [-0.2, -0.15) is 0 Å². The van der Waals surface area contributed by atoms with Crippen LogP contribution in [0.4, 0.5) is 0 Å². The molecule has 0 bridgehead atoms. The van der Waals surface area contributed by atoms with Crippen LogP contribution in [0.25, 0.3) is 32.3 Å². The molecular formula is C24H26S2. The first kappa shape index (κ1) is 18.0. The third-order valence-corrected chi connectivity index (χ3v) is 7.61. The summed E-state index contributed by atoms with van der Waals surface area (Å²) in [4.78, 5) is 3.02. The molecule has 0 fully saturated rings. The van der Waals surface area contributed by atoms with E-state index in [1.54, 1.807) is 0 Å². The zero-order valence-corrected chi connectivity index (χ0v) is 17.3. The van der Waals surface area contributed by atoms with Crippen LogP contribution in [0.5, 0.6) is 0 Å². The molecule has 2 heteroatoms. The first-order chi connectivity index (χ1) is 12.8. The van der Waals surface area contributed by atoms with Gasteiger partial charge in [0.05, 0.1) is 0 Å². The summed E-state index contributed by atoms with van der Waals surface area (Å²) in [5.74, 6) is 2.41. The highest BCUT2D eigenvalue weighted by Gasteiger charge is 2.17. The maximum Gasteiger partial charge on any atom is 0.0293 e. The van der Waals surface area contributed by atoms with Crippen molar-refractivity contribution < 1.29 is 0 Å². The zero-order chi connectivity index (χ0) is 17.9. The number of benzene rings is 4. The fourth-order valence-electron chi connectivity index (χ4n) is 3.70. The number of unbranched alkanes of at least 4 members (excludes halogenated alkanes) is 2. The van der Waals surface area contributed by atoms with Gasteiger partial charge in [-0.15, -0.1) is 23.5 Å². The molecular weight excluding hydrogens is 352 g/mol. The van der Waals surface area contributed by atoms with Crippen LogP contribution in [0.15, 0.2) is 58.3 Å². The van der Waals surface area contributed by atoms with E-state index in [0.29, 0.717) is 0 Å². The van der Waals surface area contributed by atoms with E-state index in [2.05, 4.69) is 85.9 Å². The summed E-state index contributed by atoms with van der Waals surface area (Å²) < 4.78 is 0. The van der Waals surface area contributed by atoms with Crippen molar-refractivity contribution in [1.82, 2.24) is 0 Å². The lowest BCUT2D eigenvalue weighted by Crippen LogP contribution is -1.92. The molecule has 0 saturated carbocycles. The Labute approximate surface area is 165 Å². The van der Waals surface area contributed by atoms with Gasteiger partial charge in [-0.3, -0.25) is 0 Å². The van der Waals surface area contributed by atoms with E-state index in [1.165, 1.54) is 79.3 Å². The molecule has 0 aliphatic heterocycles. The molecule has 0 saturated heterocycles. The van der Waals surface area contributed by atoms with Gasteiger partial charge in [0.15, 0.2) is 0 Å². The predicted octanol–water partition coefficient (Wildman–Crippen LogP) is 8.37. The van der Waals surface area contributed by atoms with E-state index >= 15 is 0 Å². The van der Waals surface area contributed by atoms with Crippen molar-refractivity contribution in [1.29, 1.82) is 0 Å². The molecule has 0 atom stereocenters. The first-order valence-electron chi connectivity index (χ1n) is 9.80. The Balaban J connectivity index is 2.00. The molecule has 134 valence electrons. The third-order valence-electron chi connectivity index (χ3n) is 5.07. The highest BCUT2D eigenvalue weighted by molar-refractivity contribution is 8.02. The number of thioether (sulfide) groups is 2. The maximum absolute atomic E-state index is 2.34. The fourth-order valence-corrected chi connectivity index (χ4v) is 6.46. The maximum atomic E-state index is 2.34. The molecule has 0 N–H and O–H groups in total. The van der Waals surface area contributed by atoms with Gasteiger partial charge in [-0.25, -0.2) is 0 Å². The minimum atomic E-state index is 1.21. The number of rotatable bonds is 8. The van der Waals surface area contributed by atoms with Gasteiger partial charge in [0.2, 0.25) is 0 Å². The second-order valence-corrected chi connectivity index (χ2v) is 9.15. The second kappa shape index (κ2) is 8.10. The SMILES string of the molecule is CCCCSc1c(SCCCC)c2cccc3ccc4cccc1c4c32. The Bertz CT molecular complexity index is 936. The van der Waals surface area contributed by atoms with Crippen LogP contribution in [0.3, 0.4) is 0 Å². The highest BCUT2D eigenvalue weighted by Crippen LogP contribution is 2.46. The van der Waals surface area contributed by atoms with Gasteiger partial charge in [-0.05, 0) is 56.7 Å². The van der Waals surface area contributed by atoms with E-state index in [4.69, 9.17) is 0 Å². The van der Waals surface area contributed by atoms with Gasteiger partial charge in [0.25, 0.3) is 0 Å². The Morgan fingerprint density at radius 3 is 1.50 bits per heavy atom. The molecule has 0 heterocycles. The largest absolute Gasteiger partial charge is 0.124 e. The van der Waals surface area contributed by atoms with Crippen molar-refractivity contribution in [3.63, 3.8) is 0 Å². The average molecular weight is 379 g/mol. The molecule has 0 aliphatic rings. The normalized spacial score (nSPS) is 11.9. The van der Waals surface area contributed by atoms with Crippen LogP contribution in [-0.4, -0.2) is 11.5 Å². The van der Waals surface area contributed by atoms with Crippen molar-refractivity contribution in [3.05, 3.63) is 48.5 Å². The van der Waals surface area contributed by atoms with Crippen LogP contribution in [0.1, 0.15) is 39.5 Å². The van der Waals surface area contributed by atoms with E-state index in [0.717, 1.165) is 0 Å². The summed E-state index contributed by atoms with van der Waals surface area (Å²) in [6, 6.07) is 18.2. The molecule has 0 radical (unpaired) electrons. The Morgan fingerprint density at radius 2 is 1.08 bits per heavy atom. The Kier molecular flexibility index (Phi) is 5.61. The summed E-state index contributed by atoms with van der Waals surface area (Å²) in [6.07, 6.45) is 5.08. The lowest BCUT2D eigenvalue weighted by atomic mass is 9.94. The molecule has 26 heavy (non-hydrogen) atoms. The Hall–Kier alpha value is -1.38. The summed E-state index contributed by atoms with van der Waals surface area (Å²) in [7, 11) is 0. The Morgan fingerprint density at radius 1 is 0.615 bits per heavy atom. The van der Waals surface area contributed by atoms with Crippen molar-refractivity contribution in [2.75, 3.05) is 11.5 Å². The van der Waals surface area contributed by atoms with Crippen molar-refractivity contribution in [2.45, 2.75) is 49.3 Å². The molecule has 0 nitrogen and oxygen atoms in total. The van der Waals surface area contributed by atoms with Crippen molar-refractivity contribution >= 4 is 55.8 Å². The van der Waals surface area contributed by atoms with Gasteiger partial charge in [0, 0.05) is 9.79 Å². The molecule has 4 aromatic carbocycles. The van der Waals surface area contributed by atoms with Crippen LogP contribution < -0.4 is 0 Å². The fraction of sp³-hybridized carbons (Fsp3) is 0.333. The van der Waals surface area contributed by atoms with Crippen molar-refractivity contribution in [2.24, 2.45) is 0 Å². The van der Waals surface area contributed by atoms with Crippen molar-refractivity contribution in [3.8, 4) is 0 Å². The standard InChI is InChI=1S/C24H26S2/c1-3-5-15-25-23-19-11-7-9-17-13-14-18-10-8-12-20(22(18)21(17)19)24(23)26-16-6-4-2/h7-14H,3-6,15-16H2,1-2H3. The first-order valence-corrected chi connectivity index (χ1v) is 11.8. The van der Waals surface area contributed by atoms with Crippen LogP contribution >= 0.6 is 23.5 Å². The van der Waals surface area contributed by atoms with E-state index in [1.807, 2.05) is 0 Å². The van der Waals surface area contributed by atoms with Gasteiger partial charge < -0.3 is 0 Å². The molecule has 4 aromatic rings. The zero-order valence-electron chi connectivity index (χ0n) is 15.7. The smallest absolute Gasteiger partial charge is 0.0293 e. The summed E-state index contributed by atoms with van der Waals surface area (Å²) in [5.41, 5.74) is 0. The minimum Gasteiger partial charge on any atom is -0.124 e. The van der Waals surface area contributed by atoms with Gasteiger partial charge in [-0.1, -0.05) is 75.2 Å². The highest BCUT2D eigenvalue weighted by atomic mass is 32.2. The molecule has 0 unspecified atom stereocenters. The second-order valence-electron chi connectivity index (χ2n) is 6.94. The minimum absolute atomic E-state index is 1.21. The predicted molar refractivity (Wildman–Crippen MR) is 121 cm³/mol. The molecule has 0 spiro atoms. The lowest BCUT2D eigenvalue weighted by Gasteiger charge is -2.19. The average Bonchev–Trinajstić information content (AvgIpc) is 2.68. The van der Waals surface area contributed by atoms with Crippen LogP contribution in [0, 0.1) is 0 Å². The summed E-state index contributed by atoms with van der Waals surface area (Å²) in [5, 5.41) is 8.56. The summed E-state index contributed by atoms with van der Waals surface area (Å²) >= 11 is 4.14. The molecule has 0 amide bonds. The van der Waals surface area contributed by atoms with E-state index in [9.17, 15) is 0 Å². The summed E-state index contributed by atoms with van der Waals surface area (Å²) in [6.45, 7) is 4.56. The monoisotopic (exact) mass is 378 g/mol. The van der Waals surface area contributed by atoms with Gasteiger partial charge in [0.1, 0.15) is 0 Å². The molecule has 4 rings (SSSR count).